The summed E-state index contributed by atoms with van der Waals surface area (Å²) in [5.74, 6) is -1.25. The number of hydrogen-bond acceptors (Lipinski definition) is 4. The highest BCUT2D eigenvalue weighted by Gasteiger charge is 2.42. The molecule has 1 aliphatic carbocycles. The fourth-order valence-corrected chi connectivity index (χ4v) is 5.74. The Labute approximate surface area is 237 Å². The predicted octanol–water partition coefficient (Wildman–Crippen LogP) is 6.45. The summed E-state index contributed by atoms with van der Waals surface area (Å²) in [5.41, 5.74) is 1.04. The molecule has 3 amide bonds. The van der Waals surface area contributed by atoms with Crippen LogP contribution in [0.4, 0.5) is 14.9 Å². The van der Waals surface area contributed by atoms with Crippen LogP contribution in [0, 0.1) is 12.7 Å². The van der Waals surface area contributed by atoms with Gasteiger partial charge in [-0.25, -0.2) is 9.18 Å². The molecule has 216 valence electrons. The molecule has 0 radical (unpaired) electrons. The molecular weight excluding hydrogens is 509 g/mol. The van der Waals surface area contributed by atoms with E-state index in [0.29, 0.717) is 18.5 Å². The van der Waals surface area contributed by atoms with Crippen molar-refractivity contribution in [1.82, 2.24) is 10.2 Å². The van der Waals surface area contributed by atoms with Crippen LogP contribution in [-0.2, 0) is 14.3 Å². The van der Waals surface area contributed by atoms with Crippen LogP contribution in [0.25, 0.3) is 0 Å². The third-order valence-corrected chi connectivity index (χ3v) is 7.68. The maximum absolute atomic E-state index is 14.6. The zero-order valence-electron chi connectivity index (χ0n) is 24.1. The number of hydrogen-bond donors (Lipinski definition) is 1. The lowest BCUT2D eigenvalue weighted by Crippen LogP contribution is -2.57. The standard InChI is InChI=1S/C32H42FN3O4/c1-22-13-8-9-18-26(22)28(29(37)34-24-15-6-5-7-16-24)36(25-17-12-14-23(33)21-25)30(38)27-19-10-11-20-35(27)31(39)40-32(2,3)4/h8-9,12-14,17-18,21,24,27-28H,5-7,10-11,15-16,19-20H2,1-4H3,(H,34,37). The lowest BCUT2D eigenvalue weighted by Gasteiger charge is -2.41. The first-order chi connectivity index (χ1) is 19.0. The largest absolute Gasteiger partial charge is 0.444 e. The summed E-state index contributed by atoms with van der Waals surface area (Å²) in [6.07, 6.45) is 6.34. The Morgan fingerprint density at radius 1 is 0.975 bits per heavy atom. The number of ether oxygens (including phenoxy) is 1. The second-order valence-corrected chi connectivity index (χ2v) is 12.0. The van der Waals surface area contributed by atoms with E-state index in [9.17, 15) is 18.8 Å². The van der Waals surface area contributed by atoms with E-state index in [2.05, 4.69) is 5.32 Å². The molecule has 1 N–H and O–H groups in total. The van der Waals surface area contributed by atoms with Crippen LogP contribution >= 0.6 is 0 Å². The highest BCUT2D eigenvalue weighted by molar-refractivity contribution is 6.04. The number of nitrogens with zero attached hydrogens (tertiary/aromatic N) is 2. The quantitative estimate of drug-likeness (QED) is 0.448. The molecule has 40 heavy (non-hydrogen) atoms. The number of benzene rings is 2. The van der Waals surface area contributed by atoms with Crippen molar-refractivity contribution in [3.05, 3.63) is 65.5 Å². The lowest BCUT2D eigenvalue weighted by atomic mass is 9.93. The van der Waals surface area contributed by atoms with Crippen LogP contribution < -0.4 is 10.2 Å². The van der Waals surface area contributed by atoms with E-state index in [1.807, 2.05) is 31.2 Å². The van der Waals surface area contributed by atoms with Gasteiger partial charge in [0.05, 0.1) is 0 Å². The number of amides is 3. The fourth-order valence-electron chi connectivity index (χ4n) is 5.74. The molecule has 1 aliphatic heterocycles. The number of nitrogens with one attached hydrogen (secondary N) is 1. The number of carbonyl (C=O) groups is 3. The monoisotopic (exact) mass is 551 g/mol. The molecule has 0 spiro atoms. The smallest absolute Gasteiger partial charge is 0.410 e. The fraction of sp³-hybridized carbons (Fsp3) is 0.531. The molecule has 2 atom stereocenters. The number of anilines is 1. The summed E-state index contributed by atoms with van der Waals surface area (Å²) in [6, 6.07) is 11.4. The molecule has 8 heteroatoms. The summed E-state index contributed by atoms with van der Waals surface area (Å²) in [7, 11) is 0. The van der Waals surface area contributed by atoms with Crippen molar-refractivity contribution in [2.24, 2.45) is 0 Å². The summed E-state index contributed by atoms with van der Waals surface area (Å²) in [6.45, 7) is 7.63. The Morgan fingerprint density at radius 3 is 2.35 bits per heavy atom. The van der Waals surface area contributed by atoms with Crippen molar-refractivity contribution >= 4 is 23.6 Å². The molecule has 2 fully saturated rings. The van der Waals surface area contributed by atoms with Crippen molar-refractivity contribution in [1.29, 1.82) is 0 Å². The highest BCUT2D eigenvalue weighted by atomic mass is 19.1. The van der Waals surface area contributed by atoms with Gasteiger partial charge in [-0.2, -0.15) is 0 Å². The van der Waals surface area contributed by atoms with Gasteiger partial charge in [0.1, 0.15) is 23.5 Å². The van der Waals surface area contributed by atoms with Gasteiger partial charge in [-0.1, -0.05) is 49.6 Å². The zero-order chi connectivity index (χ0) is 28.9. The van der Waals surface area contributed by atoms with E-state index >= 15 is 0 Å². The maximum atomic E-state index is 14.6. The highest BCUT2D eigenvalue weighted by Crippen LogP contribution is 2.34. The number of halogens is 1. The molecule has 4 rings (SSSR count). The van der Waals surface area contributed by atoms with Crippen molar-refractivity contribution < 1.29 is 23.5 Å². The topological polar surface area (TPSA) is 79.0 Å². The Hall–Kier alpha value is -3.42. The number of likely N-dealkylation sites (tertiary alicyclic amines) is 1. The third-order valence-electron chi connectivity index (χ3n) is 7.68. The number of carbonyl (C=O) groups excluding carboxylic acids is 3. The number of aryl methyl sites for hydroxylation is 1. The van der Waals surface area contributed by atoms with Crippen LogP contribution in [0.5, 0.6) is 0 Å². The molecule has 0 bridgehead atoms. The Morgan fingerprint density at radius 2 is 1.68 bits per heavy atom. The normalized spacial score (nSPS) is 19.0. The Kier molecular flexibility index (Phi) is 9.48. The van der Waals surface area contributed by atoms with Gasteiger partial charge in [0.25, 0.3) is 5.91 Å². The molecular formula is C32H42FN3O4. The Bertz CT molecular complexity index is 1200. The van der Waals surface area contributed by atoms with Gasteiger partial charge in [-0.05, 0) is 89.1 Å². The van der Waals surface area contributed by atoms with Crippen molar-refractivity contribution in [2.75, 3.05) is 11.4 Å². The minimum atomic E-state index is -1.04. The van der Waals surface area contributed by atoms with E-state index in [1.165, 1.54) is 28.0 Å². The van der Waals surface area contributed by atoms with Gasteiger partial charge in [0, 0.05) is 18.3 Å². The molecule has 7 nitrogen and oxygen atoms in total. The Balaban J connectivity index is 1.79. The van der Waals surface area contributed by atoms with Crippen LogP contribution in [-0.4, -0.2) is 47.0 Å². The molecule has 2 aromatic rings. The summed E-state index contributed by atoms with van der Waals surface area (Å²) < 4.78 is 20.3. The van der Waals surface area contributed by atoms with Crippen LogP contribution in [0.15, 0.2) is 48.5 Å². The van der Waals surface area contributed by atoms with E-state index in [4.69, 9.17) is 4.74 Å². The van der Waals surface area contributed by atoms with Crippen LogP contribution in [0.1, 0.15) is 89.3 Å². The van der Waals surface area contributed by atoms with E-state index in [-0.39, 0.29) is 17.6 Å². The van der Waals surface area contributed by atoms with Gasteiger partial charge in [-0.15, -0.1) is 0 Å². The van der Waals surface area contributed by atoms with Crippen LogP contribution in [0.2, 0.25) is 0 Å². The summed E-state index contributed by atoms with van der Waals surface area (Å²) >= 11 is 0. The van der Waals surface area contributed by atoms with Gasteiger partial charge in [0.15, 0.2) is 0 Å². The molecule has 1 saturated heterocycles. The molecule has 2 aliphatic rings. The van der Waals surface area contributed by atoms with Crippen LogP contribution in [0.3, 0.4) is 0 Å². The summed E-state index contributed by atoms with van der Waals surface area (Å²) in [4.78, 5) is 44.8. The summed E-state index contributed by atoms with van der Waals surface area (Å²) in [5, 5.41) is 3.20. The zero-order valence-corrected chi connectivity index (χ0v) is 24.1. The molecule has 2 unspecified atom stereocenters. The number of piperidine rings is 1. The number of rotatable bonds is 6. The predicted molar refractivity (Wildman–Crippen MR) is 153 cm³/mol. The molecule has 0 aromatic heterocycles. The minimum Gasteiger partial charge on any atom is -0.444 e. The lowest BCUT2D eigenvalue weighted by molar-refractivity contribution is -0.130. The van der Waals surface area contributed by atoms with Gasteiger partial charge in [0.2, 0.25) is 5.91 Å². The second kappa shape index (κ2) is 12.8. The van der Waals surface area contributed by atoms with E-state index in [0.717, 1.165) is 50.5 Å². The maximum Gasteiger partial charge on any atom is 0.410 e. The van der Waals surface area contributed by atoms with E-state index < -0.39 is 35.5 Å². The van der Waals surface area contributed by atoms with E-state index in [1.54, 1.807) is 26.8 Å². The van der Waals surface area contributed by atoms with Crippen molar-refractivity contribution in [2.45, 2.75) is 103 Å². The molecule has 1 saturated carbocycles. The third kappa shape index (κ3) is 7.20. The minimum absolute atomic E-state index is 0.0187. The first-order valence-corrected chi connectivity index (χ1v) is 14.5. The van der Waals surface area contributed by atoms with Gasteiger partial charge in [-0.3, -0.25) is 19.4 Å². The van der Waals surface area contributed by atoms with Crippen molar-refractivity contribution in [3.8, 4) is 0 Å². The molecule has 1 heterocycles. The average Bonchev–Trinajstić information content (AvgIpc) is 2.91. The van der Waals surface area contributed by atoms with Gasteiger partial charge >= 0.3 is 6.09 Å². The van der Waals surface area contributed by atoms with Crippen molar-refractivity contribution in [3.63, 3.8) is 0 Å². The van der Waals surface area contributed by atoms with Gasteiger partial charge < -0.3 is 10.1 Å². The molecule has 2 aromatic carbocycles. The second-order valence-electron chi connectivity index (χ2n) is 12.0. The first-order valence-electron chi connectivity index (χ1n) is 14.5. The first kappa shape index (κ1) is 29.6. The SMILES string of the molecule is Cc1ccccc1C(C(=O)NC1CCCCC1)N(C(=O)C1CCCCN1C(=O)OC(C)(C)C)c1cccc(F)c1. The average molecular weight is 552 g/mol.